The van der Waals surface area contributed by atoms with Gasteiger partial charge in [0.05, 0.1) is 6.42 Å². The monoisotopic (exact) mass is 310 g/mol. The summed E-state index contributed by atoms with van der Waals surface area (Å²) in [6, 6.07) is 2.00. The highest BCUT2D eigenvalue weighted by Gasteiger charge is 2.32. The van der Waals surface area contributed by atoms with Crippen LogP contribution in [0.15, 0.2) is 11.4 Å². The number of carbonyl (C=O) groups is 2. The molecular weight excluding hydrogens is 288 g/mol. The number of thiophene rings is 1. The Labute approximate surface area is 129 Å². The number of hydrogen-bond acceptors (Lipinski definition) is 3. The van der Waals surface area contributed by atoms with Crippen LogP contribution in [-0.2, 0) is 17.8 Å². The van der Waals surface area contributed by atoms with Gasteiger partial charge >= 0.3 is 12.0 Å². The molecule has 1 aromatic heterocycles. The van der Waals surface area contributed by atoms with Gasteiger partial charge < -0.3 is 14.9 Å². The van der Waals surface area contributed by atoms with Crippen molar-refractivity contribution in [3.05, 3.63) is 21.9 Å². The topological polar surface area (TPSA) is 60.9 Å². The number of carbonyl (C=O) groups excluding carboxylic acids is 1. The standard InChI is InChI=1S/C15H22N2O3S/c1-15(2,3)17(8-5-13(18)19)14(20)16-7-4-12-11(10-16)6-9-21-12/h6,9H,4-5,7-8,10H2,1-3H3,(H,18,19). The largest absolute Gasteiger partial charge is 0.481 e. The summed E-state index contributed by atoms with van der Waals surface area (Å²) in [5.74, 6) is -0.879. The number of carboxylic acid groups (broad SMARTS) is 1. The molecule has 1 aromatic rings. The molecule has 0 saturated carbocycles. The molecule has 0 fully saturated rings. The second-order valence-corrected chi connectivity index (χ2v) is 7.29. The third kappa shape index (κ3) is 3.75. The Hall–Kier alpha value is -1.56. The van der Waals surface area contributed by atoms with Crippen LogP contribution in [0.1, 0.15) is 37.6 Å². The van der Waals surface area contributed by atoms with E-state index in [9.17, 15) is 9.59 Å². The predicted molar refractivity (Wildman–Crippen MR) is 82.5 cm³/mol. The lowest BCUT2D eigenvalue weighted by atomic mass is 10.1. The zero-order valence-electron chi connectivity index (χ0n) is 12.8. The Bertz CT molecular complexity index is 533. The minimum absolute atomic E-state index is 0.0272. The number of hydrogen-bond donors (Lipinski definition) is 1. The molecule has 1 aliphatic rings. The highest BCUT2D eigenvalue weighted by Crippen LogP contribution is 2.26. The molecule has 0 bridgehead atoms. The fraction of sp³-hybridized carbons (Fsp3) is 0.600. The second kappa shape index (κ2) is 6.05. The smallest absolute Gasteiger partial charge is 0.320 e. The summed E-state index contributed by atoms with van der Waals surface area (Å²) in [7, 11) is 0. The summed E-state index contributed by atoms with van der Waals surface area (Å²) in [6.07, 6.45) is 0.857. The molecule has 1 N–H and O–H groups in total. The second-order valence-electron chi connectivity index (χ2n) is 6.29. The fourth-order valence-electron chi connectivity index (χ4n) is 2.51. The molecular formula is C15H22N2O3S. The number of nitrogens with zero attached hydrogens (tertiary/aromatic N) is 2. The van der Waals surface area contributed by atoms with E-state index in [1.807, 2.05) is 25.7 Å². The van der Waals surface area contributed by atoms with Crippen LogP contribution in [0, 0.1) is 0 Å². The van der Waals surface area contributed by atoms with Gasteiger partial charge in [0.1, 0.15) is 0 Å². The summed E-state index contributed by atoms with van der Waals surface area (Å²) < 4.78 is 0. The number of carboxylic acids is 1. The third-order valence-electron chi connectivity index (χ3n) is 3.67. The molecule has 0 saturated heterocycles. The normalized spacial score (nSPS) is 14.7. The van der Waals surface area contributed by atoms with Crippen molar-refractivity contribution >= 4 is 23.3 Å². The Morgan fingerprint density at radius 3 is 2.76 bits per heavy atom. The fourth-order valence-corrected chi connectivity index (χ4v) is 3.40. The van der Waals surface area contributed by atoms with Crippen molar-refractivity contribution in [1.82, 2.24) is 9.80 Å². The first-order chi connectivity index (χ1) is 9.79. The molecule has 0 radical (unpaired) electrons. The lowest BCUT2D eigenvalue weighted by molar-refractivity contribution is -0.137. The van der Waals surface area contributed by atoms with Crippen LogP contribution in [-0.4, -0.2) is 45.5 Å². The molecule has 5 nitrogen and oxygen atoms in total. The minimum Gasteiger partial charge on any atom is -0.481 e. The van der Waals surface area contributed by atoms with E-state index < -0.39 is 5.97 Å². The van der Waals surface area contributed by atoms with Gasteiger partial charge in [0, 0.05) is 30.1 Å². The van der Waals surface area contributed by atoms with E-state index in [2.05, 4.69) is 11.4 Å². The highest BCUT2D eigenvalue weighted by atomic mass is 32.1. The van der Waals surface area contributed by atoms with Crippen molar-refractivity contribution in [3.63, 3.8) is 0 Å². The van der Waals surface area contributed by atoms with Gasteiger partial charge in [-0.2, -0.15) is 0 Å². The number of aliphatic carboxylic acids is 1. The Balaban J connectivity index is 2.10. The van der Waals surface area contributed by atoms with E-state index in [1.165, 1.54) is 10.4 Å². The van der Waals surface area contributed by atoms with E-state index >= 15 is 0 Å². The molecule has 2 rings (SSSR count). The molecule has 116 valence electrons. The summed E-state index contributed by atoms with van der Waals surface area (Å²) in [4.78, 5) is 28.4. The van der Waals surface area contributed by atoms with Crippen molar-refractivity contribution in [2.45, 2.75) is 45.7 Å². The van der Waals surface area contributed by atoms with Crippen molar-refractivity contribution in [2.24, 2.45) is 0 Å². The van der Waals surface area contributed by atoms with Crippen LogP contribution in [0.5, 0.6) is 0 Å². The highest BCUT2D eigenvalue weighted by molar-refractivity contribution is 7.10. The van der Waals surface area contributed by atoms with Crippen molar-refractivity contribution in [3.8, 4) is 0 Å². The maximum Gasteiger partial charge on any atom is 0.320 e. The predicted octanol–water partition coefficient (Wildman–Crippen LogP) is 2.80. The summed E-state index contributed by atoms with van der Waals surface area (Å²) in [5, 5.41) is 10.9. The van der Waals surface area contributed by atoms with E-state index in [-0.39, 0.29) is 24.5 Å². The molecule has 0 aliphatic carbocycles. The molecule has 1 aliphatic heterocycles. The number of amides is 2. The molecule has 0 unspecified atom stereocenters. The zero-order chi connectivity index (χ0) is 15.6. The lowest BCUT2D eigenvalue weighted by Crippen LogP contribution is -2.53. The first-order valence-electron chi connectivity index (χ1n) is 7.12. The van der Waals surface area contributed by atoms with Crippen molar-refractivity contribution < 1.29 is 14.7 Å². The SMILES string of the molecule is CC(C)(C)N(CCC(=O)O)C(=O)N1CCc2sccc2C1. The maximum absolute atomic E-state index is 12.8. The van der Waals surface area contributed by atoms with Gasteiger partial charge in [-0.05, 0) is 44.2 Å². The van der Waals surface area contributed by atoms with Crippen LogP contribution in [0.25, 0.3) is 0 Å². The summed E-state index contributed by atoms with van der Waals surface area (Å²) in [6.45, 7) is 7.38. The van der Waals surface area contributed by atoms with Gasteiger partial charge in [0.25, 0.3) is 0 Å². The molecule has 21 heavy (non-hydrogen) atoms. The van der Waals surface area contributed by atoms with E-state index in [0.717, 1.165) is 6.42 Å². The zero-order valence-corrected chi connectivity index (χ0v) is 13.6. The molecule has 0 spiro atoms. The minimum atomic E-state index is -0.879. The number of urea groups is 1. The van der Waals surface area contributed by atoms with E-state index in [0.29, 0.717) is 13.1 Å². The van der Waals surface area contributed by atoms with Crippen LogP contribution >= 0.6 is 11.3 Å². The first kappa shape index (κ1) is 15.8. The average molecular weight is 310 g/mol. The molecule has 2 heterocycles. The summed E-state index contributed by atoms with van der Waals surface area (Å²) >= 11 is 1.74. The Morgan fingerprint density at radius 1 is 1.43 bits per heavy atom. The van der Waals surface area contributed by atoms with E-state index in [4.69, 9.17) is 5.11 Å². The van der Waals surface area contributed by atoms with Crippen molar-refractivity contribution in [1.29, 1.82) is 0 Å². The molecule has 2 amide bonds. The first-order valence-corrected chi connectivity index (χ1v) is 8.00. The van der Waals surface area contributed by atoms with Crippen LogP contribution in [0.3, 0.4) is 0 Å². The van der Waals surface area contributed by atoms with Gasteiger partial charge in [-0.3, -0.25) is 4.79 Å². The number of rotatable bonds is 3. The van der Waals surface area contributed by atoms with Gasteiger partial charge in [-0.15, -0.1) is 11.3 Å². The van der Waals surface area contributed by atoms with Gasteiger partial charge in [-0.25, -0.2) is 4.79 Å². The Morgan fingerprint density at radius 2 is 2.14 bits per heavy atom. The van der Waals surface area contributed by atoms with Gasteiger partial charge in [-0.1, -0.05) is 0 Å². The average Bonchev–Trinajstić information content (AvgIpc) is 2.83. The van der Waals surface area contributed by atoms with Crippen LogP contribution in [0.4, 0.5) is 4.79 Å². The Kier molecular flexibility index (Phi) is 4.56. The van der Waals surface area contributed by atoms with Gasteiger partial charge in [0.2, 0.25) is 0 Å². The van der Waals surface area contributed by atoms with Gasteiger partial charge in [0.15, 0.2) is 0 Å². The number of fused-ring (bicyclic) bond motifs is 1. The maximum atomic E-state index is 12.8. The quantitative estimate of drug-likeness (QED) is 0.934. The molecule has 0 aromatic carbocycles. The third-order valence-corrected chi connectivity index (χ3v) is 4.69. The molecule has 6 heteroatoms. The molecule has 0 atom stereocenters. The van der Waals surface area contributed by atoms with E-state index in [1.54, 1.807) is 16.2 Å². The van der Waals surface area contributed by atoms with Crippen molar-refractivity contribution in [2.75, 3.05) is 13.1 Å². The lowest BCUT2D eigenvalue weighted by Gasteiger charge is -2.40. The van der Waals surface area contributed by atoms with Crippen LogP contribution < -0.4 is 0 Å². The van der Waals surface area contributed by atoms with Crippen LogP contribution in [0.2, 0.25) is 0 Å². The summed E-state index contributed by atoms with van der Waals surface area (Å²) in [5.41, 5.74) is 0.827.